The van der Waals surface area contributed by atoms with Gasteiger partial charge in [-0.05, 0) is 36.9 Å². The van der Waals surface area contributed by atoms with Crippen molar-refractivity contribution in [1.29, 1.82) is 0 Å². The van der Waals surface area contributed by atoms with Gasteiger partial charge in [-0.25, -0.2) is 0 Å². The highest BCUT2D eigenvalue weighted by atomic mass is 14.7. The topological polar surface area (TPSA) is 38.9 Å². The second-order valence-electron chi connectivity index (χ2n) is 3.01. The first-order chi connectivity index (χ1) is 5.42. The summed E-state index contributed by atoms with van der Waals surface area (Å²) in [6, 6.07) is 4.14. The molecule has 58 valence electrons. The minimum Gasteiger partial charge on any atom is -0.330 e. The number of fused-ring (bicyclic) bond motifs is 1. The average molecular weight is 148 g/mol. The number of nitrogens with zero attached hydrogens (tertiary/aromatic N) is 1. The second kappa shape index (κ2) is 2.62. The van der Waals surface area contributed by atoms with Gasteiger partial charge in [-0.15, -0.1) is 0 Å². The molecule has 0 amide bonds. The SMILES string of the molecule is NCC1CCc2ncccc21. The number of aromatic nitrogens is 1. The number of aryl methyl sites for hydroxylation is 1. The Kier molecular flexibility index (Phi) is 1.62. The third kappa shape index (κ3) is 1.03. The number of hydrogen-bond acceptors (Lipinski definition) is 2. The Labute approximate surface area is 66.4 Å². The molecule has 0 aliphatic heterocycles. The molecule has 2 N–H and O–H groups in total. The highest BCUT2D eigenvalue weighted by Gasteiger charge is 2.20. The second-order valence-corrected chi connectivity index (χ2v) is 3.01. The predicted octanol–water partition coefficient (Wildman–Crippen LogP) is 1.07. The van der Waals surface area contributed by atoms with E-state index in [0.29, 0.717) is 5.92 Å². The maximum absolute atomic E-state index is 5.62. The maximum atomic E-state index is 5.62. The lowest BCUT2D eigenvalue weighted by molar-refractivity contribution is 0.688. The summed E-state index contributed by atoms with van der Waals surface area (Å²) in [5.74, 6) is 0.568. The van der Waals surface area contributed by atoms with Crippen LogP contribution in [0.3, 0.4) is 0 Å². The summed E-state index contributed by atoms with van der Waals surface area (Å²) < 4.78 is 0. The molecule has 1 aromatic rings. The van der Waals surface area contributed by atoms with Gasteiger partial charge in [-0.3, -0.25) is 4.98 Å². The number of pyridine rings is 1. The van der Waals surface area contributed by atoms with E-state index in [2.05, 4.69) is 11.1 Å². The van der Waals surface area contributed by atoms with Crippen molar-refractivity contribution >= 4 is 0 Å². The highest BCUT2D eigenvalue weighted by Crippen LogP contribution is 2.29. The molecule has 0 aromatic carbocycles. The molecule has 0 bridgehead atoms. The van der Waals surface area contributed by atoms with Crippen molar-refractivity contribution in [3.05, 3.63) is 29.6 Å². The van der Waals surface area contributed by atoms with Crippen LogP contribution < -0.4 is 5.73 Å². The third-order valence-electron chi connectivity index (χ3n) is 2.38. The van der Waals surface area contributed by atoms with Crippen molar-refractivity contribution < 1.29 is 0 Å². The first kappa shape index (κ1) is 6.80. The summed E-state index contributed by atoms with van der Waals surface area (Å²) in [5, 5.41) is 0. The van der Waals surface area contributed by atoms with Crippen LogP contribution in [0.15, 0.2) is 18.3 Å². The van der Waals surface area contributed by atoms with E-state index in [1.807, 2.05) is 12.3 Å². The van der Waals surface area contributed by atoms with Gasteiger partial charge in [0.2, 0.25) is 0 Å². The summed E-state index contributed by atoms with van der Waals surface area (Å²) >= 11 is 0. The summed E-state index contributed by atoms with van der Waals surface area (Å²) in [6.07, 6.45) is 4.15. The molecule has 0 fully saturated rings. The summed E-state index contributed by atoms with van der Waals surface area (Å²) in [4.78, 5) is 4.30. The Morgan fingerprint density at radius 1 is 1.64 bits per heavy atom. The quantitative estimate of drug-likeness (QED) is 0.647. The first-order valence-corrected chi connectivity index (χ1v) is 4.05. The highest BCUT2D eigenvalue weighted by molar-refractivity contribution is 5.29. The zero-order chi connectivity index (χ0) is 7.68. The van der Waals surface area contributed by atoms with Gasteiger partial charge in [0.1, 0.15) is 0 Å². The van der Waals surface area contributed by atoms with Crippen LogP contribution in [0.25, 0.3) is 0 Å². The standard InChI is InChI=1S/C9H12N2/c10-6-7-3-4-9-8(7)2-1-5-11-9/h1-2,5,7H,3-4,6,10H2. The van der Waals surface area contributed by atoms with Crippen LogP contribution >= 0.6 is 0 Å². The molecule has 1 atom stereocenters. The molecule has 1 aliphatic rings. The molecular formula is C9H12N2. The van der Waals surface area contributed by atoms with Gasteiger partial charge in [-0.1, -0.05) is 6.07 Å². The van der Waals surface area contributed by atoms with Crippen LogP contribution in [0.2, 0.25) is 0 Å². The number of rotatable bonds is 1. The van der Waals surface area contributed by atoms with Crippen LogP contribution in [0.1, 0.15) is 23.6 Å². The van der Waals surface area contributed by atoms with E-state index in [0.717, 1.165) is 13.0 Å². The summed E-state index contributed by atoms with van der Waals surface area (Å²) in [6.45, 7) is 0.763. The molecule has 0 saturated carbocycles. The largest absolute Gasteiger partial charge is 0.330 e. The third-order valence-corrected chi connectivity index (χ3v) is 2.38. The van der Waals surface area contributed by atoms with E-state index >= 15 is 0 Å². The van der Waals surface area contributed by atoms with Crippen molar-refractivity contribution in [3.8, 4) is 0 Å². The minimum atomic E-state index is 0.568. The van der Waals surface area contributed by atoms with E-state index < -0.39 is 0 Å². The Morgan fingerprint density at radius 3 is 3.36 bits per heavy atom. The van der Waals surface area contributed by atoms with Crippen molar-refractivity contribution in [2.75, 3.05) is 6.54 Å². The Morgan fingerprint density at radius 2 is 2.55 bits per heavy atom. The molecule has 2 rings (SSSR count). The van der Waals surface area contributed by atoms with E-state index in [1.54, 1.807) is 0 Å². The van der Waals surface area contributed by atoms with E-state index in [1.165, 1.54) is 17.7 Å². The fraction of sp³-hybridized carbons (Fsp3) is 0.444. The molecule has 0 radical (unpaired) electrons. The van der Waals surface area contributed by atoms with Gasteiger partial charge in [0, 0.05) is 11.9 Å². The van der Waals surface area contributed by atoms with Crippen LogP contribution in [0, 0.1) is 0 Å². The van der Waals surface area contributed by atoms with Crippen LogP contribution in [0.5, 0.6) is 0 Å². The zero-order valence-corrected chi connectivity index (χ0v) is 6.46. The zero-order valence-electron chi connectivity index (χ0n) is 6.46. The molecule has 0 saturated heterocycles. The van der Waals surface area contributed by atoms with Gasteiger partial charge in [-0.2, -0.15) is 0 Å². The Hall–Kier alpha value is -0.890. The van der Waals surface area contributed by atoms with E-state index in [4.69, 9.17) is 5.73 Å². The van der Waals surface area contributed by atoms with Crippen LogP contribution in [0.4, 0.5) is 0 Å². The van der Waals surface area contributed by atoms with E-state index in [-0.39, 0.29) is 0 Å². The summed E-state index contributed by atoms with van der Waals surface area (Å²) in [7, 11) is 0. The number of nitrogens with two attached hydrogens (primary N) is 1. The van der Waals surface area contributed by atoms with Crippen molar-refractivity contribution in [2.24, 2.45) is 5.73 Å². The summed E-state index contributed by atoms with van der Waals surface area (Å²) in [5.41, 5.74) is 8.24. The lowest BCUT2D eigenvalue weighted by Gasteiger charge is -2.05. The number of hydrogen-bond donors (Lipinski definition) is 1. The molecule has 11 heavy (non-hydrogen) atoms. The molecule has 1 aliphatic carbocycles. The van der Waals surface area contributed by atoms with Gasteiger partial charge in [0.25, 0.3) is 0 Å². The lowest BCUT2D eigenvalue weighted by Crippen LogP contribution is -2.09. The monoisotopic (exact) mass is 148 g/mol. The molecular weight excluding hydrogens is 136 g/mol. The maximum Gasteiger partial charge on any atom is 0.0439 e. The van der Waals surface area contributed by atoms with Crippen molar-refractivity contribution in [1.82, 2.24) is 4.98 Å². The normalized spacial score (nSPS) is 21.7. The molecule has 0 spiro atoms. The smallest absolute Gasteiger partial charge is 0.0439 e. The van der Waals surface area contributed by atoms with Crippen molar-refractivity contribution in [3.63, 3.8) is 0 Å². The fourth-order valence-electron chi connectivity index (χ4n) is 1.74. The van der Waals surface area contributed by atoms with Crippen molar-refractivity contribution in [2.45, 2.75) is 18.8 Å². The van der Waals surface area contributed by atoms with E-state index in [9.17, 15) is 0 Å². The molecule has 1 aromatic heterocycles. The molecule has 1 heterocycles. The Balaban J connectivity index is 2.39. The first-order valence-electron chi connectivity index (χ1n) is 4.05. The predicted molar refractivity (Wildman–Crippen MR) is 44.4 cm³/mol. The molecule has 2 nitrogen and oxygen atoms in total. The molecule has 1 unspecified atom stereocenters. The van der Waals surface area contributed by atoms with Gasteiger partial charge in [0.15, 0.2) is 0 Å². The van der Waals surface area contributed by atoms with Gasteiger partial charge in [0.05, 0.1) is 0 Å². The van der Waals surface area contributed by atoms with Crippen LogP contribution in [-0.4, -0.2) is 11.5 Å². The van der Waals surface area contributed by atoms with Crippen LogP contribution in [-0.2, 0) is 6.42 Å². The molecule has 2 heteroatoms. The Bertz CT molecular complexity index is 257. The minimum absolute atomic E-state index is 0.568. The average Bonchev–Trinajstić information content (AvgIpc) is 2.47. The van der Waals surface area contributed by atoms with Gasteiger partial charge < -0.3 is 5.73 Å². The lowest BCUT2D eigenvalue weighted by atomic mass is 10.0. The fourth-order valence-corrected chi connectivity index (χ4v) is 1.74. The van der Waals surface area contributed by atoms with Gasteiger partial charge >= 0.3 is 0 Å².